The summed E-state index contributed by atoms with van der Waals surface area (Å²) in [5.41, 5.74) is 0. The second kappa shape index (κ2) is 5.69. The molecule has 0 aliphatic heterocycles. The molecule has 0 aromatic heterocycles. The maximum Gasteiger partial charge on any atom is 0.326 e. The summed E-state index contributed by atoms with van der Waals surface area (Å²) in [5.74, 6) is 0. The lowest BCUT2D eigenvalue weighted by molar-refractivity contribution is 0.372. The van der Waals surface area contributed by atoms with E-state index < -0.39 is 7.60 Å². The van der Waals surface area contributed by atoms with Gasteiger partial charge in [0.25, 0.3) is 0 Å². The molecule has 0 unspecified atom stereocenters. The van der Waals surface area contributed by atoms with Crippen molar-refractivity contribution < 1.29 is 14.4 Å². The van der Waals surface area contributed by atoms with Gasteiger partial charge in [-0.3, -0.25) is 4.57 Å². The van der Waals surface area contributed by atoms with E-state index in [0.717, 1.165) is 13.1 Å². The standard InChI is InChI=1S/C5H15N2O3P/c1-6-2-3-7-4-5-11(8,9)10/h6-7H,2-5H2,1H3,(H2,8,9,10). The quantitative estimate of drug-likeness (QED) is 0.312. The lowest BCUT2D eigenvalue weighted by Crippen LogP contribution is -2.27. The highest BCUT2D eigenvalue weighted by molar-refractivity contribution is 7.51. The fourth-order valence-electron chi connectivity index (χ4n) is 0.563. The van der Waals surface area contributed by atoms with Gasteiger partial charge in [-0.15, -0.1) is 0 Å². The van der Waals surface area contributed by atoms with E-state index in [1.54, 1.807) is 0 Å². The largest absolute Gasteiger partial charge is 0.326 e. The first-order valence-electron chi connectivity index (χ1n) is 3.46. The fraction of sp³-hybridized carbons (Fsp3) is 1.00. The number of nitrogens with one attached hydrogen (secondary N) is 2. The molecule has 5 nitrogen and oxygen atoms in total. The first kappa shape index (κ1) is 11.1. The Bertz CT molecular complexity index is 136. The smallest absolute Gasteiger partial charge is 0.324 e. The van der Waals surface area contributed by atoms with Crippen molar-refractivity contribution in [1.29, 1.82) is 0 Å². The predicted octanol–water partition coefficient (Wildman–Crippen LogP) is -1.03. The average Bonchev–Trinajstić information content (AvgIpc) is 1.85. The minimum Gasteiger partial charge on any atom is -0.324 e. The van der Waals surface area contributed by atoms with Gasteiger partial charge in [-0.05, 0) is 7.05 Å². The van der Waals surface area contributed by atoms with Gasteiger partial charge < -0.3 is 20.4 Å². The minimum atomic E-state index is -3.80. The number of likely N-dealkylation sites (N-methyl/N-ethyl adjacent to an activating group) is 1. The van der Waals surface area contributed by atoms with Gasteiger partial charge in [-0.25, -0.2) is 0 Å². The van der Waals surface area contributed by atoms with Crippen LogP contribution in [0.5, 0.6) is 0 Å². The molecule has 0 saturated carbocycles. The molecular weight excluding hydrogens is 167 g/mol. The lowest BCUT2D eigenvalue weighted by atomic mass is 10.6. The molecule has 0 heterocycles. The van der Waals surface area contributed by atoms with Crippen LogP contribution in [0.1, 0.15) is 0 Å². The third-order valence-corrected chi connectivity index (χ3v) is 1.94. The maximum absolute atomic E-state index is 10.3. The predicted molar refractivity (Wildman–Crippen MR) is 43.7 cm³/mol. The van der Waals surface area contributed by atoms with E-state index in [1.807, 2.05) is 7.05 Å². The molecule has 0 aliphatic carbocycles. The summed E-state index contributed by atoms with van der Waals surface area (Å²) in [4.78, 5) is 16.9. The van der Waals surface area contributed by atoms with Crippen LogP contribution in [0.2, 0.25) is 0 Å². The molecule has 0 amide bonds. The van der Waals surface area contributed by atoms with Crippen LogP contribution in [-0.4, -0.2) is 42.6 Å². The molecule has 0 aromatic carbocycles. The van der Waals surface area contributed by atoms with Crippen molar-refractivity contribution in [2.45, 2.75) is 0 Å². The summed E-state index contributed by atoms with van der Waals surface area (Å²) in [6, 6.07) is 0. The van der Waals surface area contributed by atoms with E-state index in [0.29, 0.717) is 6.54 Å². The van der Waals surface area contributed by atoms with E-state index in [-0.39, 0.29) is 6.16 Å². The van der Waals surface area contributed by atoms with E-state index in [2.05, 4.69) is 10.6 Å². The molecule has 11 heavy (non-hydrogen) atoms. The Morgan fingerprint density at radius 1 is 1.27 bits per heavy atom. The van der Waals surface area contributed by atoms with Gasteiger partial charge in [0, 0.05) is 19.6 Å². The third-order valence-electron chi connectivity index (χ3n) is 1.13. The van der Waals surface area contributed by atoms with E-state index in [1.165, 1.54) is 0 Å². The summed E-state index contributed by atoms with van der Waals surface area (Å²) in [6.45, 7) is 1.91. The maximum atomic E-state index is 10.3. The van der Waals surface area contributed by atoms with Crippen LogP contribution in [-0.2, 0) is 4.57 Å². The van der Waals surface area contributed by atoms with Crippen LogP contribution in [0.25, 0.3) is 0 Å². The monoisotopic (exact) mass is 182 g/mol. The molecule has 0 spiro atoms. The Balaban J connectivity index is 3.09. The number of hydrogen-bond donors (Lipinski definition) is 4. The summed E-state index contributed by atoms with van der Waals surface area (Å²) in [5, 5.41) is 5.80. The summed E-state index contributed by atoms with van der Waals surface area (Å²) in [7, 11) is -1.97. The first-order valence-corrected chi connectivity index (χ1v) is 5.26. The fourth-order valence-corrected chi connectivity index (χ4v) is 1.01. The van der Waals surface area contributed by atoms with Crippen molar-refractivity contribution in [2.75, 3.05) is 32.8 Å². The molecule has 0 rings (SSSR count). The van der Waals surface area contributed by atoms with E-state index >= 15 is 0 Å². The summed E-state index contributed by atoms with van der Waals surface area (Å²) < 4.78 is 10.3. The zero-order chi connectivity index (χ0) is 8.74. The topological polar surface area (TPSA) is 81.6 Å². The summed E-state index contributed by atoms with van der Waals surface area (Å²) in [6.07, 6.45) is -0.0866. The molecule has 0 fully saturated rings. The molecule has 6 heteroatoms. The summed E-state index contributed by atoms with van der Waals surface area (Å²) >= 11 is 0. The highest BCUT2D eigenvalue weighted by atomic mass is 31.2. The third kappa shape index (κ3) is 10.1. The molecule has 0 aliphatic rings. The van der Waals surface area contributed by atoms with E-state index in [9.17, 15) is 4.57 Å². The van der Waals surface area contributed by atoms with Gasteiger partial charge in [0.1, 0.15) is 0 Å². The van der Waals surface area contributed by atoms with E-state index in [4.69, 9.17) is 9.79 Å². The second-order valence-electron chi connectivity index (χ2n) is 2.24. The van der Waals surface area contributed by atoms with Gasteiger partial charge in [-0.2, -0.15) is 0 Å². The first-order chi connectivity index (χ1) is 5.06. The minimum absolute atomic E-state index is 0.0866. The van der Waals surface area contributed by atoms with Crippen LogP contribution < -0.4 is 10.6 Å². The van der Waals surface area contributed by atoms with Gasteiger partial charge >= 0.3 is 7.60 Å². The molecule has 4 N–H and O–H groups in total. The zero-order valence-electron chi connectivity index (χ0n) is 6.58. The van der Waals surface area contributed by atoms with Crippen molar-refractivity contribution in [3.63, 3.8) is 0 Å². The Kier molecular flexibility index (Phi) is 5.72. The number of hydrogen-bond acceptors (Lipinski definition) is 3. The Hall–Kier alpha value is 0.0700. The molecule has 0 radical (unpaired) electrons. The van der Waals surface area contributed by atoms with Gasteiger partial charge in [-0.1, -0.05) is 0 Å². The molecule has 0 aromatic rings. The average molecular weight is 182 g/mol. The van der Waals surface area contributed by atoms with Crippen LogP contribution in [0.4, 0.5) is 0 Å². The highest BCUT2D eigenvalue weighted by Gasteiger charge is 2.10. The van der Waals surface area contributed by atoms with Crippen molar-refractivity contribution in [3.8, 4) is 0 Å². The van der Waals surface area contributed by atoms with Gasteiger partial charge in [0.2, 0.25) is 0 Å². The lowest BCUT2D eigenvalue weighted by Gasteiger charge is -2.04. The zero-order valence-corrected chi connectivity index (χ0v) is 7.47. The highest BCUT2D eigenvalue weighted by Crippen LogP contribution is 2.32. The van der Waals surface area contributed by atoms with Crippen LogP contribution >= 0.6 is 7.60 Å². The Morgan fingerprint density at radius 2 is 1.91 bits per heavy atom. The Labute approximate surface area is 66.4 Å². The molecule has 68 valence electrons. The van der Waals surface area contributed by atoms with Crippen molar-refractivity contribution in [1.82, 2.24) is 10.6 Å². The molecule has 0 bridgehead atoms. The second-order valence-corrected chi connectivity index (χ2v) is 4.02. The van der Waals surface area contributed by atoms with Crippen LogP contribution in [0.15, 0.2) is 0 Å². The molecule has 0 atom stereocenters. The Morgan fingerprint density at radius 3 is 2.36 bits per heavy atom. The number of rotatable bonds is 6. The molecule has 0 saturated heterocycles. The van der Waals surface area contributed by atoms with Crippen molar-refractivity contribution in [2.24, 2.45) is 0 Å². The van der Waals surface area contributed by atoms with Crippen LogP contribution in [0, 0.1) is 0 Å². The normalized spacial score (nSPS) is 11.9. The van der Waals surface area contributed by atoms with Gasteiger partial charge in [0.05, 0.1) is 6.16 Å². The van der Waals surface area contributed by atoms with Gasteiger partial charge in [0.15, 0.2) is 0 Å². The van der Waals surface area contributed by atoms with Crippen LogP contribution in [0.3, 0.4) is 0 Å². The van der Waals surface area contributed by atoms with Crippen molar-refractivity contribution in [3.05, 3.63) is 0 Å². The van der Waals surface area contributed by atoms with Crippen molar-refractivity contribution >= 4 is 7.60 Å². The SMILES string of the molecule is CNCCNCCP(=O)(O)O. The molecular formula is C5H15N2O3P.